The Bertz CT molecular complexity index is 1110. The number of nitrogens with zero attached hydrogens (tertiary/aromatic N) is 3. The lowest BCUT2D eigenvalue weighted by atomic mass is 10.2. The van der Waals surface area contributed by atoms with Gasteiger partial charge in [0.2, 0.25) is 5.91 Å². The van der Waals surface area contributed by atoms with E-state index in [0.29, 0.717) is 18.2 Å². The number of rotatable bonds is 9. The maximum absolute atomic E-state index is 13.2. The maximum Gasteiger partial charge on any atom is 0.244 e. The van der Waals surface area contributed by atoms with Gasteiger partial charge in [0.15, 0.2) is 15.0 Å². The Morgan fingerprint density at radius 1 is 1.00 bits per heavy atom. The van der Waals surface area contributed by atoms with Gasteiger partial charge in [-0.1, -0.05) is 55.5 Å². The van der Waals surface area contributed by atoms with E-state index in [1.54, 1.807) is 18.2 Å². The van der Waals surface area contributed by atoms with E-state index in [1.165, 1.54) is 28.4 Å². The molecule has 0 aliphatic carbocycles. The molecular formula is C22H27N3O3S2. The number of aromatic nitrogens is 1. The number of para-hydroxylation sites is 1. The van der Waals surface area contributed by atoms with E-state index in [0.717, 1.165) is 28.9 Å². The lowest BCUT2D eigenvalue weighted by Gasteiger charge is -2.24. The summed E-state index contributed by atoms with van der Waals surface area (Å²) >= 11 is 1.42. The molecule has 160 valence electrons. The van der Waals surface area contributed by atoms with Crippen molar-refractivity contribution >= 4 is 42.4 Å². The molecule has 0 saturated heterocycles. The molecule has 0 unspecified atom stereocenters. The summed E-state index contributed by atoms with van der Waals surface area (Å²) in [6, 6.07) is 14.0. The third-order valence-corrected chi connectivity index (χ3v) is 7.75. The largest absolute Gasteiger partial charge is 0.302 e. The fourth-order valence-electron chi connectivity index (χ4n) is 3.25. The Balaban J connectivity index is 1.91. The molecule has 30 heavy (non-hydrogen) atoms. The summed E-state index contributed by atoms with van der Waals surface area (Å²) < 4.78 is 26.5. The first-order valence-electron chi connectivity index (χ1n) is 10.0. The zero-order chi connectivity index (χ0) is 21.7. The van der Waals surface area contributed by atoms with Crippen LogP contribution in [0.3, 0.4) is 0 Å². The molecule has 0 N–H and O–H groups in total. The molecule has 0 saturated carbocycles. The van der Waals surface area contributed by atoms with Crippen LogP contribution < -0.4 is 4.90 Å². The van der Waals surface area contributed by atoms with Crippen LogP contribution in [0, 0.1) is 6.92 Å². The van der Waals surface area contributed by atoms with E-state index in [1.807, 2.05) is 25.1 Å². The highest BCUT2D eigenvalue weighted by Gasteiger charge is 2.27. The number of sulfone groups is 1. The minimum Gasteiger partial charge on any atom is -0.302 e. The van der Waals surface area contributed by atoms with E-state index in [-0.39, 0.29) is 4.90 Å². The van der Waals surface area contributed by atoms with Crippen molar-refractivity contribution in [1.29, 1.82) is 0 Å². The van der Waals surface area contributed by atoms with E-state index >= 15 is 0 Å². The molecule has 1 aromatic heterocycles. The van der Waals surface area contributed by atoms with E-state index in [2.05, 4.69) is 23.7 Å². The third kappa shape index (κ3) is 5.06. The molecule has 0 spiro atoms. The first-order chi connectivity index (χ1) is 14.4. The number of thiazole rings is 1. The van der Waals surface area contributed by atoms with Gasteiger partial charge in [0.25, 0.3) is 0 Å². The number of carbonyl (C=O) groups excluding carboxylic acids is 1. The molecule has 0 aliphatic heterocycles. The van der Waals surface area contributed by atoms with Gasteiger partial charge in [-0.25, -0.2) is 13.4 Å². The van der Waals surface area contributed by atoms with E-state index < -0.39 is 21.5 Å². The van der Waals surface area contributed by atoms with Crippen LogP contribution in [0.2, 0.25) is 0 Å². The summed E-state index contributed by atoms with van der Waals surface area (Å²) in [7, 11) is -3.73. The number of hydrogen-bond donors (Lipinski definition) is 0. The molecule has 0 atom stereocenters. The Morgan fingerprint density at radius 2 is 1.70 bits per heavy atom. The number of carbonyl (C=O) groups is 1. The van der Waals surface area contributed by atoms with E-state index in [4.69, 9.17) is 0 Å². The Kier molecular flexibility index (Phi) is 7.23. The molecule has 0 fully saturated rings. The molecule has 6 nitrogen and oxygen atoms in total. The lowest BCUT2D eigenvalue weighted by Crippen LogP contribution is -2.41. The van der Waals surface area contributed by atoms with Gasteiger partial charge in [0.05, 0.1) is 15.1 Å². The predicted octanol–water partition coefficient (Wildman–Crippen LogP) is 3.75. The maximum atomic E-state index is 13.2. The van der Waals surface area contributed by atoms with Gasteiger partial charge in [0.1, 0.15) is 5.75 Å². The zero-order valence-corrected chi connectivity index (χ0v) is 19.2. The summed E-state index contributed by atoms with van der Waals surface area (Å²) in [5.74, 6) is -1.04. The normalized spacial score (nSPS) is 11.9. The topological polar surface area (TPSA) is 70.6 Å². The average molecular weight is 446 g/mol. The van der Waals surface area contributed by atoms with Crippen LogP contribution in [0.1, 0.15) is 19.4 Å². The zero-order valence-electron chi connectivity index (χ0n) is 17.5. The van der Waals surface area contributed by atoms with Crippen molar-refractivity contribution in [2.24, 2.45) is 0 Å². The van der Waals surface area contributed by atoms with Crippen LogP contribution in [-0.2, 0) is 14.6 Å². The fourth-order valence-corrected chi connectivity index (χ4v) is 5.56. The quantitative estimate of drug-likeness (QED) is 0.502. The Hall–Kier alpha value is -2.29. The van der Waals surface area contributed by atoms with E-state index in [9.17, 15) is 13.2 Å². The molecular weight excluding hydrogens is 418 g/mol. The number of aryl methyl sites for hydroxylation is 1. The molecule has 3 aromatic rings. The number of amides is 1. The SMILES string of the molecule is CCN(CC)CCN(C(=O)CS(=O)(=O)c1ccccc1)c1nc2c(C)cccc2s1. The Labute approximate surface area is 182 Å². The lowest BCUT2D eigenvalue weighted by molar-refractivity contribution is -0.116. The molecule has 2 aromatic carbocycles. The smallest absolute Gasteiger partial charge is 0.244 e. The summed E-state index contributed by atoms with van der Waals surface area (Å²) in [4.78, 5) is 21.7. The van der Waals surface area contributed by atoms with Crippen LogP contribution in [0.25, 0.3) is 10.2 Å². The molecule has 1 amide bonds. The van der Waals surface area contributed by atoms with Gasteiger partial charge in [-0.05, 0) is 43.8 Å². The number of anilines is 1. The molecule has 1 heterocycles. The molecule has 0 radical (unpaired) electrons. The fraction of sp³-hybridized carbons (Fsp3) is 0.364. The number of fused-ring (bicyclic) bond motifs is 1. The van der Waals surface area contributed by atoms with Crippen LogP contribution in [0.5, 0.6) is 0 Å². The summed E-state index contributed by atoms with van der Waals surface area (Å²) in [6.07, 6.45) is 0. The van der Waals surface area contributed by atoms with Crippen molar-refractivity contribution in [3.8, 4) is 0 Å². The van der Waals surface area contributed by atoms with Gasteiger partial charge in [-0.3, -0.25) is 9.69 Å². The third-order valence-electron chi connectivity index (χ3n) is 5.09. The second-order valence-electron chi connectivity index (χ2n) is 7.06. The van der Waals surface area contributed by atoms with Gasteiger partial charge in [-0.2, -0.15) is 0 Å². The molecule has 8 heteroatoms. The van der Waals surface area contributed by atoms with Crippen molar-refractivity contribution in [3.63, 3.8) is 0 Å². The van der Waals surface area contributed by atoms with Gasteiger partial charge >= 0.3 is 0 Å². The summed E-state index contributed by atoms with van der Waals surface area (Å²) in [6.45, 7) is 8.88. The van der Waals surface area contributed by atoms with Crippen molar-refractivity contribution < 1.29 is 13.2 Å². The monoisotopic (exact) mass is 445 g/mol. The predicted molar refractivity (Wildman–Crippen MR) is 123 cm³/mol. The van der Waals surface area contributed by atoms with Crippen LogP contribution in [0.4, 0.5) is 5.13 Å². The number of likely N-dealkylation sites (N-methyl/N-ethyl adjacent to an activating group) is 1. The van der Waals surface area contributed by atoms with Crippen molar-refractivity contribution in [2.45, 2.75) is 25.7 Å². The summed E-state index contributed by atoms with van der Waals surface area (Å²) in [5.41, 5.74) is 1.88. The minimum atomic E-state index is -3.73. The van der Waals surface area contributed by atoms with Gasteiger partial charge < -0.3 is 4.90 Å². The van der Waals surface area contributed by atoms with Crippen LogP contribution in [0.15, 0.2) is 53.4 Å². The number of benzene rings is 2. The van der Waals surface area contributed by atoms with Gasteiger partial charge in [-0.15, -0.1) is 0 Å². The number of hydrogen-bond acceptors (Lipinski definition) is 6. The first kappa shape index (κ1) is 22.4. The molecule has 3 rings (SSSR count). The second-order valence-corrected chi connectivity index (χ2v) is 10.1. The van der Waals surface area contributed by atoms with Crippen molar-refractivity contribution in [1.82, 2.24) is 9.88 Å². The van der Waals surface area contributed by atoms with Crippen molar-refractivity contribution in [3.05, 3.63) is 54.1 Å². The molecule has 0 bridgehead atoms. The highest BCUT2D eigenvalue weighted by molar-refractivity contribution is 7.92. The van der Waals surface area contributed by atoms with Crippen LogP contribution in [-0.4, -0.2) is 56.1 Å². The minimum absolute atomic E-state index is 0.155. The Morgan fingerprint density at radius 3 is 2.33 bits per heavy atom. The highest BCUT2D eigenvalue weighted by atomic mass is 32.2. The second kappa shape index (κ2) is 9.68. The standard InChI is InChI=1S/C22H27N3O3S2/c1-4-24(5-2)14-15-25(22-23-21-17(3)10-9-13-19(21)29-22)20(26)16-30(27,28)18-11-7-6-8-12-18/h6-13H,4-5,14-16H2,1-3H3. The van der Waals surface area contributed by atoms with Gasteiger partial charge in [0, 0.05) is 13.1 Å². The summed E-state index contributed by atoms with van der Waals surface area (Å²) in [5, 5.41) is 0.541. The average Bonchev–Trinajstić information content (AvgIpc) is 3.17. The highest BCUT2D eigenvalue weighted by Crippen LogP contribution is 2.31. The molecule has 0 aliphatic rings. The van der Waals surface area contributed by atoms with Crippen LogP contribution >= 0.6 is 11.3 Å². The van der Waals surface area contributed by atoms with Crippen molar-refractivity contribution in [2.75, 3.05) is 36.8 Å². The first-order valence-corrected chi connectivity index (χ1v) is 12.5.